The van der Waals surface area contributed by atoms with Crippen molar-refractivity contribution in [3.8, 4) is 0 Å². The summed E-state index contributed by atoms with van der Waals surface area (Å²) in [4.78, 5) is 5.32. The summed E-state index contributed by atoms with van der Waals surface area (Å²) in [6.07, 6.45) is 8.37. The lowest BCUT2D eigenvalue weighted by molar-refractivity contribution is -0.104. The Kier molecular flexibility index (Phi) is 2.54. The number of amidine groups is 1. The SMILES string of the molecule is CC12CC3CC(C)(C1)CC(N=C1NC(C)(C)CS1)(C3)C2. The van der Waals surface area contributed by atoms with E-state index >= 15 is 0 Å². The van der Waals surface area contributed by atoms with E-state index in [9.17, 15) is 0 Å². The van der Waals surface area contributed by atoms with E-state index in [0.717, 1.165) is 11.7 Å². The lowest BCUT2D eigenvalue weighted by Gasteiger charge is -2.64. The molecule has 4 saturated carbocycles. The second-order valence-electron chi connectivity index (χ2n) is 9.57. The third-order valence-electron chi connectivity index (χ3n) is 5.95. The van der Waals surface area contributed by atoms with Gasteiger partial charge in [-0.25, -0.2) is 0 Å². The highest BCUT2D eigenvalue weighted by Crippen LogP contribution is 2.67. The third-order valence-corrected chi connectivity index (χ3v) is 7.28. The van der Waals surface area contributed by atoms with Crippen LogP contribution in [-0.2, 0) is 0 Å². The van der Waals surface area contributed by atoms with Gasteiger partial charge in [-0.05, 0) is 69.1 Å². The maximum Gasteiger partial charge on any atom is 0.157 e. The summed E-state index contributed by atoms with van der Waals surface area (Å²) >= 11 is 1.93. The molecule has 2 unspecified atom stereocenters. The summed E-state index contributed by atoms with van der Waals surface area (Å²) in [6, 6.07) is 0. The first kappa shape index (κ1) is 13.5. The zero-order chi connectivity index (χ0) is 14.2. The van der Waals surface area contributed by atoms with Crippen molar-refractivity contribution < 1.29 is 0 Å². The lowest BCUT2D eigenvalue weighted by Crippen LogP contribution is -2.58. The highest BCUT2D eigenvalue weighted by molar-refractivity contribution is 8.14. The van der Waals surface area contributed by atoms with Crippen LogP contribution in [0.25, 0.3) is 0 Å². The lowest BCUT2D eigenvalue weighted by atomic mass is 9.43. The number of rotatable bonds is 1. The molecule has 1 aliphatic heterocycles. The molecular formula is C17H28N2S. The fraction of sp³-hybridized carbons (Fsp3) is 0.941. The van der Waals surface area contributed by atoms with Crippen LogP contribution in [0.4, 0.5) is 0 Å². The molecule has 2 atom stereocenters. The fourth-order valence-electron chi connectivity index (χ4n) is 6.40. The van der Waals surface area contributed by atoms with Gasteiger partial charge in [0.15, 0.2) is 5.17 Å². The van der Waals surface area contributed by atoms with Gasteiger partial charge in [0.05, 0.1) is 5.54 Å². The molecule has 5 fully saturated rings. The maximum absolute atomic E-state index is 5.32. The first-order chi connectivity index (χ1) is 9.19. The summed E-state index contributed by atoms with van der Waals surface area (Å²) in [7, 11) is 0. The van der Waals surface area contributed by atoms with Crippen LogP contribution in [-0.4, -0.2) is 22.0 Å². The monoisotopic (exact) mass is 292 g/mol. The van der Waals surface area contributed by atoms with Crippen LogP contribution in [0.15, 0.2) is 4.99 Å². The van der Waals surface area contributed by atoms with E-state index in [1.807, 2.05) is 11.8 Å². The van der Waals surface area contributed by atoms with Crippen LogP contribution in [0, 0.1) is 16.7 Å². The first-order valence-corrected chi connectivity index (χ1v) is 9.19. The van der Waals surface area contributed by atoms with Gasteiger partial charge in [0.1, 0.15) is 0 Å². The molecule has 0 radical (unpaired) electrons. The molecule has 4 bridgehead atoms. The number of hydrogen-bond donors (Lipinski definition) is 1. The highest BCUT2D eigenvalue weighted by atomic mass is 32.2. The summed E-state index contributed by atoms with van der Waals surface area (Å²) in [5.41, 5.74) is 1.62. The van der Waals surface area contributed by atoms with Gasteiger partial charge in [-0.2, -0.15) is 0 Å². The molecule has 0 amide bonds. The molecule has 1 heterocycles. The van der Waals surface area contributed by atoms with Crippen molar-refractivity contribution >= 4 is 16.9 Å². The molecule has 2 nitrogen and oxygen atoms in total. The van der Waals surface area contributed by atoms with Gasteiger partial charge in [-0.1, -0.05) is 25.6 Å². The molecule has 5 aliphatic rings. The normalized spacial score (nSPS) is 54.4. The van der Waals surface area contributed by atoms with Crippen molar-refractivity contribution in [3.63, 3.8) is 0 Å². The second-order valence-corrected chi connectivity index (χ2v) is 10.5. The van der Waals surface area contributed by atoms with Crippen LogP contribution < -0.4 is 5.32 Å². The Morgan fingerprint density at radius 1 is 1.00 bits per heavy atom. The summed E-state index contributed by atoms with van der Waals surface area (Å²) in [5, 5.41) is 4.87. The Bertz CT molecular complexity index is 463. The van der Waals surface area contributed by atoms with Crippen LogP contribution >= 0.6 is 11.8 Å². The molecule has 112 valence electrons. The van der Waals surface area contributed by atoms with E-state index < -0.39 is 0 Å². The Labute approximate surface area is 127 Å². The van der Waals surface area contributed by atoms with Crippen molar-refractivity contribution in [2.45, 2.75) is 77.3 Å². The topological polar surface area (TPSA) is 24.4 Å². The van der Waals surface area contributed by atoms with Gasteiger partial charge in [-0.3, -0.25) is 4.99 Å². The van der Waals surface area contributed by atoms with Gasteiger partial charge in [-0.15, -0.1) is 0 Å². The number of hydrogen-bond acceptors (Lipinski definition) is 2. The van der Waals surface area contributed by atoms with E-state index in [4.69, 9.17) is 4.99 Å². The molecule has 3 heteroatoms. The van der Waals surface area contributed by atoms with E-state index in [2.05, 4.69) is 33.0 Å². The number of aliphatic imine (C=N–C) groups is 1. The predicted octanol–water partition coefficient (Wildman–Crippen LogP) is 4.21. The molecule has 0 aromatic carbocycles. The summed E-state index contributed by atoms with van der Waals surface area (Å²) < 4.78 is 0. The van der Waals surface area contributed by atoms with Crippen LogP contribution in [0.1, 0.15) is 66.2 Å². The van der Waals surface area contributed by atoms with Crippen LogP contribution in [0.3, 0.4) is 0 Å². The van der Waals surface area contributed by atoms with Crippen LogP contribution in [0.5, 0.6) is 0 Å². The van der Waals surface area contributed by atoms with Crippen molar-refractivity contribution in [1.29, 1.82) is 0 Å². The van der Waals surface area contributed by atoms with E-state index in [-0.39, 0.29) is 11.1 Å². The molecule has 5 rings (SSSR count). The Morgan fingerprint density at radius 3 is 2.15 bits per heavy atom. The average molecular weight is 292 g/mol. The number of thioether (sulfide) groups is 1. The van der Waals surface area contributed by atoms with Gasteiger partial charge < -0.3 is 5.32 Å². The Morgan fingerprint density at radius 2 is 1.65 bits per heavy atom. The van der Waals surface area contributed by atoms with Crippen molar-refractivity contribution in [2.75, 3.05) is 5.75 Å². The van der Waals surface area contributed by atoms with Crippen molar-refractivity contribution in [2.24, 2.45) is 21.7 Å². The number of nitrogens with zero attached hydrogens (tertiary/aromatic N) is 1. The standard InChI is InChI=1S/C17H28N2S/c1-14(2)11-20-13(18-14)19-17-7-12-5-15(3,9-17)8-16(4,6-12)10-17/h12H,5-11H2,1-4H3,(H,18,19). The smallest absolute Gasteiger partial charge is 0.157 e. The minimum absolute atomic E-state index is 0.222. The second kappa shape index (κ2) is 3.77. The first-order valence-electron chi connectivity index (χ1n) is 8.20. The molecule has 20 heavy (non-hydrogen) atoms. The van der Waals surface area contributed by atoms with E-state index in [0.29, 0.717) is 10.8 Å². The summed E-state index contributed by atoms with van der Waals surface area (Å²) in [6.45, 7) is 9.63. The molecule has 1 saturated heterocycles. The zero-order valence-corrected chi connectivity index (χ0v) is 14.2. The quantitative estimate of drug-likeness (QED) is 0.783. The third kappa shape index (κ3) is 2.12. The van der Waals surface area contributed by atoms with Crippen molar-refractivity contribution in [1.82, 2.24) is 5.32 Å². The van der Waals surface area contributed by atoms with Crippen LogP contribution in [0.2, 0.25) is 0 Å². The fourth-order valence-corrected chi connectivity index (χ4v) is 7.57. The molecule has 0 aromatic rings. The Hall–Kier alpha value is -0.180. The molecule has 1 N–H and O–H groups in total. The molecular weight excluding hydrogens is 264 g/mol. The predicted molar refractivity (Wildman–Crippen MR) is 87.2 cm³/mol. The maximum atomic E-state index is 5.32. The largest absolute Gasteiger partial charge is 0.359 e. The Balaban J connectivity index is 1.66. The minimum Gasteiger partial charge on any atom is -0.359 e. The van der Waals surface area contributed by atoms with E-state index in [1.54, 1.807) is 0 Å². The van der Waals surface area contributed by atoms with E-state index in [1.165, 1.54) is 43.7 Å². The average Bonchev–Trinajstić information content (AvgIpc) is 2.50. The summed E-state index contributed by atoms with van der Waals surface area (Å²) in [5.74, 6) is 2.09. The molecule has 4 aliphatic carbocycles. The molecule has 0 aromatic heterocycles. The zero-order valence-electron chi connectivity index (χ0n) is 13.4. The number of nitrogens with one attached hydrogen (secondary N) is 1. The molecule has 0 spiro atoms. The highest BCUT2D eigenvalue weighted by Gasteiger charge is 2.60. The van der Waals surface area contributed by atoms with Gasteiger partial charge in [0, 0.05) is 11.3 Å². The van der Waals surface area contributed by atoms with Gasteiger partial charge in [0.2, 0.25) is 0 Å². The van der Waals surface area contributed by atoms with Gasteiger partial charge >= 0.3 is 0 Å². The van der Waals surface area contributed by atoms with Crippen molar-refractivity contribution in [3.05, 3.63) is 0 Å². The minimum atomic E-state index is 0.222. The van der Waals surface area contributed by atoms with Gasteiger partial charge in [0.25, 0.3) is 0 Å².